The van der Waals surface area contributed by atoms with Gasteiger partial charge in [0.1, 0.15) is 11.9 Å². The van der Waals surface area contributed by atoms with Gasteiger partial charge in [0.15, 0.2) is 0 Å². The Kier molecular flexibility index (Phi) is 6.92. The lowest BCUT2D eigenvalue weighted by Crippen LogP contribution is -2.49. The van der Waals surface area contributed by atoms with Crippen LogP contribution in [0, 0.1) is 0 Å². The molecular formula is C27H34N4O3. The predicted molar refractivity (Wildman–Crippen MR) is 131 cm³/mol. The maximum absolute atomic E-state index is 12.2. The van der Waals surface area contributed by atoms with E-state index in [9.17, 15) is 9.90 Å². The first-order valence-corrected chi connectivity index (χ1v) is 12.5. The number of aromatic nitrogens is 2. The van der Waals surface area contributed by atoms with Crippen LogP contribution in [0.2, 0.25) is 0 Å². The highest BCUT2D eigenvalue weighted by Gasteiger charge is 2.40. The number of carboxylic acids is 1. The van der Waals surface area contributed by atoms with Crippen molar-refractivity contribution in [2.75, 3.05) is 19.0 Å². The number of likely N-dealkylation sites (N-methyl/N-ethyl adjacent to an activating group) is 1. The van der Waals surface area contributed by atoms with Gasteiger partial charge in [0.2, 0.25) is 0 Å². The van der Waals surface area contributed by atoms with Crippen molar-refractivity contribution in [1.82, 2.24) is 14.9 Å². The number of carbonyl (C=O) groups is 1. The van der Waals surface area contributed by atoms with Crippen LogP contribution in [0.4, 0.5) is 5.82 Å². The van der Waals surface area contributed by atoms with E-state index < -0.39 is 12.0 Å². The normalized spacial score (nSPS) is 22.4. The molecule has 34 heavy (non-hydrogen) atoms. The molecule has 7 heteroatoms. The molecule has 0 aromatic carbocycles. The second-order valence-corrected chi connectivity index (χ2v) is 9.80. The van der Waals surface area contributed by atoms with E-state index in [-0.39, 0.29) is 12.1 Å². The molecule has 1 atom stereocenters. The zero-order valence-electron chi connectivity index (χ0n) is 19.8. The quantitative estimate of drug-likeness (QED) is 0.469. The third-order valence-electron chi connectivity index (χ3n) is 7.35. The van der Waals surface area contributed by atoms with Gasteiger partial charge < -0.3 is 15.2 Å². The highest BCUT2D eigenvalue weighted by molar-refractivity contribution is 5.76. The number of nitrogens with one attached hydrogen (secondary N) is 1. The number of anilines is 1. The van der Waals surface area contributed by atoms with Crippen LogP contribution in [0.5, 0.6) is 0 Å². The largest absolute Gasteiger partial charge is 0.480 e. The van der Waals surface area contributed by atoms with Gasteiger partial charge in [0.05, 0.1) is 6.10 Å². The predicted octanol–water partition coefficient (Wildman–Crippen LogP) is 4.68. The molecule has 3 heterocycles. The first-order valence-electron chi connectivity index (χ1n) is 12.5. The zero-order chi connectivity index (χ0) is 23.5. The van der Waals surface area contributed by atoms with Gasteiger partial charge in [-0.3, -0.25) is 14.7 Å². The van der Waals surface area contributed by atoms with Crippen molar-refractivity contribution in [2.45, 2.75) is 75.5 Å². The molecular weight excluding hydrogens is 428 g/mol. The topological polar surface area (TPSA) is 87.6 Å². The van der Waals surface area contributed by atoms with Gasteiger partial charge in [-0.05, 0) is 76.1 Å². The molecule has 0 saturated heterocycles. The number of ether oxygens (including phenoxy) is 1. The second kappa shape index (κ2) is 10.2. The second-order valence-electron chi connectivity index (χ2n) is 9.80. The summed E-state index contributed by atoms with van der Waals surface area (Å²) in [7, 11) is 1.93. The van der Waals surface area contributed by atoms with E-state index in [0.717, 1.165) is 75.0 Å². The summed E-state index contributed by atoms with van der Waals surface area (Å²) in [6.45, 7) is 0.750. The average molecular weight is 463 g/mol. The van der Waals surface area contributed by atoms with E-state index in [0.29, 0.717) is 5.92 Å². The van der Waals surface area contributed by atoms with Crippen LogP contribution in [0.1, 0.15) is 73.7 Å². The van der Waals surface area contributed by atoms with Crippen LogP contribution in [-0.2, 0) is 16.0 Å². The van der Waals surface area contributed by atoms with Crippen molar-refractivity contribution in [1.29, 1.82) is 0 Å². The van der Waals surface area contributed by atoms with E-state index in [1.165, 1.54) is 11.3 Å². The SMILES string of the molecule is CN(C1CC(OCCCCC2=CCc3cccnc3N2)C1)[C@@H](C(=O)O)c1cccnc1C1CC1. The Labute approximate surface area is 201 Å². The van der Waals surface area contributed by atoms with Gasteiger partial charge in [-0.2, -0.15) is 0 Å². The first kappa shape index (κ1) is 23.0. The first-order chi connectivity index (χ1) is 16.6. The number of rotatable bonds is 11. The summed E-state index contributed by atoms with van der Waals surface area (Å²) >= 11 is 0. The molecule has 0 bridgehead atoms. The van der Waals surface area contributed by atoms with Crippen molar-refractivity contribution >= 4 is 11.8 Å². The highest BCUT2D eigenvalue weighted by atomic mass is 16.5. The molecule has 7 nitrogen and oxygen atoms in total. The third-order valence-corrected chi connectivity index (χ3v) is 7.35. The van der Waals surface area contributed by atoms with Crippen LogP contribution in [0.15, 0.2) is 48.4 Å². The van der Waals surface area contributed by atoms with Crippen molar-refractivity contribution < 1.29 is 14.6 Å². The van der Waals surface area contributed by atoms with E-state index in [2.05, 4.69) is 27.4 Å². The molecule has 2 fully saturated rings. The third kappa shape index (κ3) is 5.15. The van der Waals surface area contributed by atoms with Crippen molar-refractivity contribution in [2.24, 2.45) is 0 Å². The number of allylic oxidation sites excluding steroid dienone is 2. The molecule has 0 spiro atoms. The van der Waals surface area contributed by atoms with Gasteiger partial charge in [-0.1, -0.05) is 18.2 Å². The zero-order valence-corrected chi connectivity index (χ0v) is 19.8. The molecule has 2 aromatic rings. The van der Waals surface area contributed by atoms with Gasteiger partial charge in [0.25, 0.3) is 0 Å². The summed E-state index contributed by atoms with van der Waals surface area (Å²) in [6, 6.07) is 7.46. The maximum Gasteiger partial charge on any atom is 0.325 e. The number of carboxylic acid groups (broad SMARTS) is 1. The van der Waals surface area contributed by atoms with E-state index in [1.807, 2.05) is 36.3 Å². The van der Waals surface area contributed by atoms with Crippen molar-refractivity contribution in [3.05, 3.63) is 65.3 Å². The lowest BCUT2D eigenvalue weighted by Gasteiger charge is -2.43. The highest BCUT2D eigenvalue weighted by Crippen LogP contribution is 2.43. The number of hydrogen-bond donors (Lipinski definition) is 2. The van der Waals surface area contributed by atoms with Crippen LogP contribution in [0.25, 0.3) is 0 Å². The molecule has 2 aliphatic carbocycles. The Morgan fingerprint density at radius 2 is 2.00 bits per heavy atom. The molecule has 0 amide bonds. The number of fused-ring (bicyclic) bond motifs is 1. The molecule has 180 valence electrons. The fraction of sp³-hybridized carbons (Fsp3) is 0.519. The van der Waals surface area contributed by atoms with Crippen LogP contribution < -0.4 is 5.32 Å². The molecule has 2 N–H and O–H groups in total. The Morgan fingerprint density at radius 3 is 2.79 bits per heavy atom. The summed E-state index contributed by atoms with van der Waals surface area (Å²) in [5.41, 5.74) is 4.32. The minimum absolute atomic E-state index is 0.224. The number of pyridine rings is 2. The van der Waals surface area contributed by atoms with E-state index >= 15 is 0 Å². The molecule has 2 aromatic heterocycles. The fourth-order valence-corrected chi connectivity index (χ4v) is 5.09. The summed E-state index contributed by atoms with van der Waals surface area (Å²) < 4.78 is 6.08. The van der Waals surface area contributed by atoms with Gasteiger partial charge >= 0.3 is 5.97 Å². The summed E-state index contributed by atoms with van der Waals surface area (Å²) in [5, 5.41) is 13.4. The van der Waals surface area contributed by atoms with Crippen LogP contribution in [-0.4, -0.2) is 51.7 Å². The summed E-state index contributed by atoms with van der Waals surface area (Å²) in [6.07, 6.45) is 14.1. The molecule has 3 aliphatic rings. The maximum atomic E-state index is 12.2. The van der Waals surface area contributed by atoms with Gasteiger partial charge in [-0.15, -0.1) is 0 Å². The monoisotopic (exact) mass is 462 g/mol. The molecule has 1 aliphatic heterocycles. The lowest BCUT2D eigenvalue weighted by molar-refractivity contribution is -0.146. The van der Waals surface area contributed by atoms with Gasteiger partial charge in [0, 0.05) is 47.9 Å². The van der Waals surface area contributed by atoms with Gasteiger partial charge in [-0.25, -0.2) is 4.98 Å². The lowest BCUT2D eigenvalue weighted by atomic mass is 9.86. The number of unbranched alkanes of at least 4 members (excludes halogenated alkanes) is 1. The van der Waals surface area contributed by atoms with Crippen molar-refractivity contribution in [3.8, 4) is 0 Å². The Balaban J connectivity index is 1.04. The summed E-state index contributed by atoms with van der Waals surface area (Å²) in [5.74, 6) is 0.607. The van der Waals surface area contributed by atoms with E-state index in [1.54, 1.807) is 6.20 Å². The number of hydrogen-bond acceptors (Lipinski definition) is 6. The number of nitrogens with zero attached hydrogens (tertiary/aromatic N) is 3. The van der Waals surface area contributed by atoms with Crippen LogP contribution >= 0.6 is 0 Å². The Bertz CT molecular complexity index is 1050. The average Bonchev–Trinajstić information content (AvgIpc) is 3.65. The smallest absolute Gasteiger partial charge is 0.325 e. The standard InChI is InChI=1S/C27H34N4O3/c1-31(25(27(32)33)23-8-5-13-28-24(23)18-9-10-18)21-16-22(17-21)34-15-3-2-7-20-12-11-19-6-4-14-29-26(19)30-20/h4-6,8,12-14,18,21-22,25H,2-3,7,9-11,15-17H2,1H3,(H,29,30)(H,32,33)/t21?,22?,25-/m1/s1. The Morgan fingerprint density at radius 1 is 1.21 bits per heavy atom. The minimum atomic E-state index is -0.801. The number of aliphatic carboxylic acids is 1. The molecule has 0 unspecified atom stereocenters. The summed E-state index contributed by atoms with van der Waals surface area (Å²) in [4.78, 5) is 23.1. The molecule has 5 rings (SSSR count). The fourth-order valence-electron chi connectivity index (χ4n) is 5.09. The molecule has 2 saturated carbocycles. The van der Waals surface area contributed by atoms with Crippen molar-refractivity contribution in [3.63, 3.8) is 0 Å². The van der Waals surface area contributed by atoms with E-state index in [4.69, 9.17) is 4.74 Å². The molecule has 0 radical (unpaired) electrons. The van der Waals surface area contributed by atoms with Crippen LogP contribution in [0.3, 0.4) is 0 Å². The Hall–Kier alpha value is -2.77. The minimum Gasteiger partial charge on any atom is -0.480 e.